The maximum atomic E-state index is 13.5. The first-order valence-electron chi connectivity index (χ1n) is 4.62. The smallest absolute Gasteiger partial charge is 0.334 e. The van der Waals surface area contributed by atoms with Crippen molar-refractivity contribution in [3.05, 3.63) is 28.5 Å². The third-order valence-corrected chi connectivity index (χ3v) is 2.51. The maximum absolute atomic E-state index is 13.5. The first-order chi connectivity index (χ1) is 6.89. The van der Waals surface area contributed by atoms with E-state index in [1.54, 1.807) is 0 Å². The van der Waals surface area contributed by atoms with Crippen LogP contribution in [-0.4, -0.2) is 16.2 Å². The summed E-state index contributed by atoms with van der Waals surface area (Å²) in [5.41, 5.74) is -0.410. The van der Waals surface area contributed by atoms with Crippen molar-refractivity contribution in [1.82, 2.24) is 0 Å². The summed E-state index contributed by atoms with van der Waals surface area (Å²) >= 11 is 5.71. The van der Waals surface area contributed by atoms with Crippen molar-refractivity contribution in [3.8, 4) is 5.75 Å². The summed E-state index contributed by atoms with van der Waals surface area (Å²) in [6.45, 7) is 3.65. The van der Waals surface area contributed by atoms with Crippen LogP contribution in [0, 0.1) is 5.82 Å². The first-order valence-corrected chi connectivity index (χ1v) is 5.00. The SMILES string of the molecule is CC1(C)CC(=[OH+])c2c(F)cc(Cl)cc2O1. The van der Waals surface area contributed by atoms with Gasteiger partial charge in [-0.2, -0.15) is 0 Å². The average molecular weight is 230 g/mol. The lowest BCUT2D eigenvalue weighted by molar-refractivity contribution is 0.108. The van der Waals surface area contributed by atoms with Gasteiger partial charge in [0.25, 0.3) is 0 Å². The second-order valence-electron chi connectivity index (χ2n) is 4.25. The minimum absolute atomic E-state index is 0.00965. The van der Waals surface area contributed by atoms with Crippen molar-refractivity contribution in [2.45, 2.75) is 25.9 Å². The Kier molecular flexibility index (Phi) is 2.23. The number of ether oxygens (including phenoxy) is 1. The number of hydrogen-bond acceptors (Lipinski definition) is 1. The van der Waals surface area contributed by atoms with E-state index >= 15 is 0 Å². The van der Waals surface area contributed by atoms with Gasteiger partial charge in [0.05, 0.1) is 0 Å². The topological polar surface area (TPSA) is 30.6 Å². The quantitative estimate of drug-likeness (QED) is 0.629. The zero-order valence-corrected chi connectivity index (χ0v) is 9.23. The molecule has 0 spiro atoms. The molecule has 80 valence electrons. The average Bonchev–Trinajstić information content (AvgIpc) is 1.97. The molecule has 0 aliphatic carbocycles. The lowest BCUT2D eigenvalue weighted by Gasteiger charge is -2.29. The Balaban J connectivity index is 2.60. The Bertz CT molecular complexity index is 440. The highest BCUT2D eigenvalue weighted by atomic mass is 35.5. The number of ketones is 1. The van der Waals surface area contributed by atoms with E-state index < -0.39 is 11.4 Å². The first kappa shape index (κ1) is 10.4. The summed E-state index contributed by atoms with van der Waals surface area (Å²) in [4.78, 5) is 9.72. The highest BCUT2D eigenvalue weighted by Gasteiger charge is 2.38. The molecule has 2 nitrogen and oxygen atoms in total. The molecule has 0 atom stereocenters. The van der Waals surface area contributed by atoms with Crippen molar-refractivity contribution >= 4 is 17.4 Å². The third kappa shape index (κ3) is 1.84. The van der Waals surface area contributed by atoms with E-state index in [4.69, 9.17) is 16.3 Å². The van der Waals surface area contributed by atoms with Gasteiger partial charge in [-0.05, 0) is 26.0 Å². The molecule has 1 heterocycles. The molecule has 4 heteroatoms. The normalized spacial score (nSPS) is 18.3. The summed E-state index contributed by atoms with van der Waals surface area (Å²) in [5, 5.41) is 0.261. The molecule has 0 bridgehead atoms. The Labute approximate surface area is 92.0 Å². The van der Waals surface area contributed by atoms with E-state index in [-0.39, 0.29) is 16.4 Å². The van der Waals surface area contributed by atoms with Crippen LogP contribution in [-0.2, 0) is 0 Å². The van der Waals surface area contributed by atoms with Gasteiger partial charge >= 0.3 is 5.78 Å². The second kappa shape index (κ2) is 3.20. The van der Waals surface area contributed by atoms with Crippen LogP contribution in [0.15, 0.2) is 12.1 Å². The van der Waals surface area contributed by atoms with Crippen molar-refractivity contribution in [2.24, 2.45) is 0 Å². The molecule has 15 heavy (non-hydrogen) atoms. The van der Waals surface area contributed by atoms with Gasteiger partial charge in [-0.15, -0.1) is 0 Å². The van der Waals surface area contributed by atoms with Gasteiger partial charge in [0.15, 0.2) is 5.56 Å². The van der Waals surface area contributed by atoms with E-state index in [2.05, 4.69) is 0 Å². The minimum Gasteiger partial charge on any atom is -0.486 e. The van der Waals surface area contributed by atoms with E-state index in [1.165, 1.54) is 6.07 Å². The summed E-state index contributed by atoms with van der Waals surface area (Å²) < 4.78 is 19.0. The molecular formula is C11H11ClFO2+. The van der Waals surface area contributed by atoms with Crippen LogP contribution in [0.2, 0.25) is 5.02 Å². The fourth-order valence-corrected chi connectivity index (χ4v) is 1.93. The number of rotatable bonds is 0. The Morgan fingerprint density at radius 3 is 2.80 bits per heavy atom. The molecule has 0 amide bonds. The largest absolute Gasteiger partial charge is 0.486 e. The monoisotopic (exact) mass is 229 g/mol. The Morgan fingerprint density at radius 2 is 2.13 bits per heavy atom. The standard InChI is InChI=1S/C11H10ClFO2/c1-11(2)5-8(14)10-7(13)3-6(12)4-9(10)15-11/h3-4H,5H2,1-2H3/p+1. The van der Waals surface area contributed by atoms with Crippen LogP contribution in [0.25, 0.3) is 0 Å². The maximum Gasteiger partial charge on any atom is 0.334 e. The molecule has 0 aromatic heterocycles. The Hall–Kier alpha value is -1.09. The molecule has 1 aromatic rings. The lowest BCUT2D eigenvalue weighted by atomic mass is 9.93. The molecule has 0 saturated carbocycles. The van der Waals surface area contributed by atoms with Crippen LogP contribution < -0.4 is 4.74 Å². The second-order valence-corrected chi connectivity index (χ2v) is 4.68. The summed E-state index contributed by atoms with van der Waals surface area (Å²) in [6, 6.07) is 2.68. The van der Waals surface area contributed by atoms with Crippen LogP contribution in [0.4, 0.5) is 4.39 Å². The van der Waals surface area contributed by atoms with E-state index in [0.29, 0.717) is 12.2 Å². The van der Waals surface area contributed by atoms with Crippen molar-refractivity contribution in [1.29, 1.82) is 0 Å². The molecule has 1 N–H and O–H groups in total. The fourth-order valence-electron chi connectivity index (χ4n) is 1.74. The van der Waals surface area contributed by atoms with Crippen LogP contribution in [0.3, 0.4) is 0 Å². The van der Waals surface area contributed by atoms with Crippen molar-refractivity contribution < 1.29 is 13.9 Å². The molecular weight excluding hydrogens is 219 g/mol. The van der Waals surface area contributed by atoms with E-state index in [1.807, 2.05) is 13.8 Å². The molecule has 1 aliphatic rings. The predicted octanol–water partition coefficient (Wildman–Crippen LogP) is 2.93. The number of halogens is 2. The predicted molar refractivity (Wildman–Crippen MR) is 56.8 cm³/mol. The highest BCUT2D eigenvalue weighted by Crippen LogP contribution is 2.36. The van der Waals surface area contributed by atoms with Crippen LogP contribution in [0.5, 0.6) is 5.75 Å². The molecule has 2 rings (SSSR count). The lowest BCUT2D eigenvalue weighted by Crippen LogP contribution is -2.36. The molecule has 1 aliphatic heterocycles. The summed E-state index contributed by atoms with van der Waals surface area (Å²) in [5.74, 6) is -0.241. The Morgan fingerprint density at radius 1 is 1.47 bits per heavy atom. The zero-order valence-electron chi connectivity index (χ0n) is 8.47. The number of carbonyl (C=O) groups excluding carboxylic acids is 1. The summed E-state index contributed by atoms with van der Waals surface area (Å²) in [7, 11) is 0. The van der Waals surface area contributed by atoms with Gasteiger partial charge < -0.3 is 4.74 Å². The van der Waals surface area contributed by atoms with Crippen LogP contribution in [0.1, 0.15) is 25.8 Å². The zero-order chi connectivity index (χ0) is 11.2. The van der Waals surface area contributed by atoms with Gasteiger partial charge in [-0.25, -0.2) is 4.39 Å². The molecule has 0 unspecified atom stereocenters. The number of fused-ring (bicyclic) bond motifs is 1. The van der Waals surface area contributed by atoms with Gasteiger partial charge in [0.2, 0.25) is 0 Å². The fraction of sp³-hybridized carbons (Fsp3) is 0.364. The summed E-state index contributed by atoms with van der Waals surface area (Å²) in [6.07, 6.45) is 0.290. The van der Waals surface area contributed by atoms with Gasteiger partial charge in [-0.3, -0.25) is 4.79 Å². The molecule has 0 radical (unpaired) electrons. The van der Waals surface area contributed by atoms with Crippen molar-refractivity contribution in [2.75, 3.05) is 0 Å². The van der Waals surface area contributed by atoms with Gasteiger partial charge in [0, 0.05) is 5.02 Å². The third-order valence-electron chi connectivity index (χ3n) is 2.29. The minimum atomic E-state index is -0.550. The number of hydrogen-bond donors (Lipinski definition) is 0. The molecule has 0 saturated heterocycles. The molecule has 1 aromatic carbocycles. The van der Waals surface area contributed by atoms with E-state index in [9.17, 15) is 9.18 Å². The number of benzene rings is 1. The van der Waals surface area contributed by atoms with Crippen molar-refractivity contribution in [3.63, 3.8) is 0 Å². The van der Waals surface area contributed by atoms with E-state index in [0.717, 1.165) is 6.07 Å². The molecule has 0 fully saturated rings. The van der Waals surface area contributed by atoms with Gasteiger partial charge in [-0.1, -0.05) is 11.6 Å². The highest BCUT2D eigenvalue weighted by molar-refractivity contribution is 6.31. The van der Waals surface area contributed by atoms with Gasteiger partial charge in [0.1, 0.15) is 23.6 Å². The van der Waals surface area contributed by atoms with Crippen LogP contribution >= 0.6 is 11.6 Å².